The number of aromatic nitrogens is 1. The van der Waals surface area contributed by atoms with E-state index in [0.29, 0.717) is 18.3 Å². The van der Waals surface area contributed by atoms with E-state index in [4.69, 9.17) is 5.84 Å². The maximum absolute atomic E-state index is 13.7. The molecular formula is C10H14F2N4S. The molecule has 0 spiro atoms. The molecule has 1 aliphatic rings. The van der Waals surface area contributed by atoms with Gasteiger partial charge in [-0.3, -0.25) is 0 Å². The summed E-state index contributed by atoms with van der Waals surface area (Å²) in [6.45, 7) is 3.47. The Morgan fingerprint density at radius 1 is 1.53 bits per heavy atom. The van der Waals surface area contributed by atoms with Gasteiger partial charge in [-0.2, -0.15) is 11.8 Å². The van der Waals surface area contributed by atoms with Crippen LogP contribution in [0.15, 0.2) is 6.07 Å². The highest BCUT2D eigenvalue weighted by Gasteiger charge is 2.22. The summed E-state index contributed by atoms with van der Waals surface area (Å²) in [4.78, 5) is 5.70. The molecule has 0 radical (unpaired) electrons. The first-order valence-electron chi connectivity index (χ1n) is 5.31. The van der Waals surface area contributed by atoms with Crippen molar-refractivity contribution in [2.24, 2.45) is 5.84 Å². The first-order chi connectivity index (χ1) is 8.11. The Kier molecular flexibility index (Phi) is 3.68. The summed E-state index contributed by atoms with van der Waals surface area (Å²) in [5.41, 5.74) is 2.13. The lowest BCUT2D eigenvalue weighted by Gasteiger charge is -2.31. The molecule has 0 bridgehead atoms. The number of halogens is 2. The number of nitrogens with zero attached hydrogens (tertiary/aromatic N) is 2. The van der Waals surface area contributed by atoms with Crippen molar-refractivity contribution in [3.63, 3.8) is 0 Å². The predicted molar refractivity (Wildman–Crippen MR) is 66.1 cm³/mol. The zero-order valence-corrected chi connectivity index (χ0v) is 10.2. The van der Waals surface area contributed by atoms with Crippen molar-refractivity contribution in [3.05, 3.63) is 17.7 Å². The third kappa shape index (κ3) is 2.61. The maximum atomic E-state index is 13.7. The second-order valence-corrected chi connectivity index (χ2v) is 5.44. The summed E-state index contributed by atoms with van der Waals surface area (Å²) < 4.78 is 26.9. The van der Waals surface area contributed by atoms with Gasteiger partial charge in [0.25, 0.3) is 0 Å². The molecular weight excluding hydrogens is 246 g/mol. The molecule has 1 aromatic heterocycles. The summed E-state index contributed by atoms with van der Waals surface area (Å²) in [5, 5.41) is 0.407. The van der Waals surface area contributed by atoms with Crippen LogP contribution in [-0.2, 0) is 0 Å². The van der Waals surface area contributed by atoms with Crippen LogP contribution >= 0.6 is 11.8 Å². The number of hydrogen-bond acceptors (Lipinski definition) is 5. The van der Waals surface area contributed by atoms with E-state index in [1.54, 1.807) is 0 Å². The van der Waals surface area contributed by atoms with Gasteiger partial charge in [0.2, 0.25) is 0 Å². The van der Waals surface area contributed by atoms with Gasteiger partial charge in [0.15, 0.2) is 23.3 Å². The van der Waals surface area contributed by atoms with E-state index in [9.17, 15) is 8.78 Å². The number of nitrogen functional groups attached to an aromatic ring is 1. The minimum Gasteiger partial charge on any atom is -0.352 e. The first-order valence-corrected chi connectivity index (χ1v) is 6.36. The van der Waals surface area contributed by atoms with Crippen LogP contribution in [0.25, 0.3) is 0 Å². The highest BCUT2D eigenvalue weighted by Crippen LogP contribution is 2.26. The summed E-state index contributed by atoms with van der Waals surface area (Å²) in [5.74, 6) is 4.63. The smallest absolute Gasteiger partial charge is 0.178 e. The number of thioether (sulfide) groups is 1. The van der Waals surface area contributed by atoms with E-state index in [1.807, 2.05) is 16.7 Å². The third-order valence-electron chi connectivity index (χ3n) is 2.59. The fourth-order valence-electron chi connectivity index (χ4n) is 1.79. The van der Waals surface area contributed by atoms with Crippen LogP contribution < -0.4 is 16.2 Å². The minimum absolute atomic E-state index is 0.132. The van der Waals surface area contributed by atoms with Crippen LogP contribution in [0.1, 0.15) is 6.92 Å². The van der Waals surface area contributed by atoms with Gasteiger partial charge in [0.1, 0.15) is 0 Å². The number of nitrogens with two attached hydrogens (primary N) is 1. The summed E-state index contributed by atoms with van der Waals surface area (Å²) in [7, 11) is 0. The van der Waals surface area contributed by atoms with E-state index < -0.39 is 11.6 Å². The second-order valence-electron chi connectivity index (χ2n) is 3.90. The average molecular weight is 260 g/mol. The number of anilines is 2. The van der Waals surface area contributed by atoms with Crippen molar-refractivity contribution in [3.8, 4) is 0 Å². The molecule has 3 N–H and O–H groups in total. The Bertz CT molecular complexity index is 416. The highest BCUT2D eigenvalue weighted by molar-refractivity contribution is 8.00. The van der Waals surface area contributed by atoms with Crippen LogP contribution in [0.3, 0.4) is 0 Å². The lowest BCUT2D eigenvalue weighted by Crippen LogP contribution is -2.38. The first kappa shape index (κ1) is 12.4. The van der Waals surface area contributed by atoms with Gasteiger partial charge < -0.3 is 10.3 Å². The van der Waals surface area contributed by atoms with E-state index in [-0.39, 0.29) is 11.6 Å². The van der Waals surface area contributed by atoms with Crippen molar-refractivity contribution < 1.29 is 8.78 Å². The van der Waals surface area contributed by atoms with E-state index >= 15 is 0 Å². The Labute approximate surface area is 103 Å². The summed E-state index contributed by atoms with van der Waals surface area (Å²) in [6.07, 6.45) is 0. The lowest BCUT2D eigenvalue weighted by molar-refractivity contribution is 0.569. The Morgan fingerprint density at radius 2 is 2.29 bits per heavy atom. The Morgan fingerprint density at radius 3 is 2.94 bits per heavy atom. The molecule has 0 aliphatic carbocycles. The molecule has 94 valence electrons. The van der Waals surface area contributed by atoms with Crippen molar-refractivity contribution in [2.75, 3.05) is 29.2 Å². The van der Waals surface area contributed by atoms with Gasteiger partial charge in [0, 0.05) is 30.2 Å². The van der Waals surface area contributed by atoms with Gasteiger partial charge in [-0.25, -0.2) is 19.6 Å². The second kappa shape index (κ2) is 5.05. The normalized spacial score (nSPS) is 20.5. The average Bonchev–Trinajstić information content (AvgIpc) is 2.29. The predicted octanol–water partition coefficient (Wildman–Crippen LogP) is 1.59. The van der Waals surface area contributed by atoms with Crippen molar-refractivity contribution >= 4 is 23.4 Å². The van der Waals surface area contributed by atoms with Crippen molar-refractivity contribution in [2.45, 2.75) is 12.2 Å². The zero-order valence-electron chi connectivity index (χ0n) is 9.41. The van der Waals surface area contributed by atoms with Crippen LogP contribution in [0, 0.1) is 11.6 Å². The molecule has 2 rings (SSSR count). The van der Waals surface area contributed by atoms with Gasteiger partial charge in [-0.05, 0) is 0 Å². The van der Waals surface area contributed by atoms with Gasteiger partial charge in [-0.15, -0.1) is 0 Å². The quantitative estimate of drug-likeness (QED) is 0.624. The number of rotatable bonds is 2. The van der Waals surface area contributed by atoms with Crippen molar-refractivity contribution in [1.82, 2.24) is 4.98 Å². The topological polar surface area (TPSA) is 54.2 Å². The lowest BCUT2D eigenvalue weighted by atomic mass is 10.3. The number of hydrazine groups is 1. The summed E-state index contributed by atoms with van der Waals surface area (Å²) in [6, 6.07) is 0.809. The van der Waals surface area contributed by atoms with Crippen LogP contribution in [0.4, 0.5) is 20.4 Å². The molecule has 1 saturated heterocycles. The standard InChI is InChI=1S/C10H14F2N4S/c1-6-5-16(2-3-17-6)10-8(12)4-7(11)9(14-10)15-13/h4,6H,2-3,5,13H2,1H3,(H,14,15). The minimum atomic E-state index is -0.784. The Balaban J connectivity index is 2.30. The molecule has 1 aliphatic heterocycles. The maximum Gasteiger partial charge on any atom is 0.178 e. The molecule has 0 amide bonds. The molecule has 17 heavy (non-hydrogen) atoms. The van der Waals surface area contributed by atoms with Crippen molar-refractivity contribution in [1.29, 1.82) is 0 Å². The number of pyridine rings is 1. The van der Waals surface area contributed by atoms with Crippen LogP contribution in [0.2, 0.25) is 0 Å². The van der Waals surface area contributed by atoms with Crippen LogP contribution in [0.5, 0.6) is 0 Å². The third-order valence-corrected chi connectivity index (χ3v) is 3.72. The van der Waals surface area contributed by atoms with Gasteiger partial charge >= 0.3 is 0 Å². The van der Waals surface area contributed by atoms with Gasteiger partial charge in [-0.1, -0.05) is 6.92 Å². The molecule has 4 nitrogen and oxygen atoms in total. The number of hydrogen-bond donors (Lipinski definition) is 2. The molecule has 0 aromatic carbocycles. The molecule has 1 aromatic rings. The largest absolute Gasteiger partial charge is 0.352 e. The Hall–Kier alpha value is -1.08. The highest BCUT2D eigenvalue weighted by atomic mass is 32.2. The summed E-state index contributed by atoms with van der Waals surface area (Å²) >= 11 is 1.83. The molecule has 1 unspecified atom stereocenters. The van der Waals surface area contributed by atoms with E-state index in [0.717, 1.165) is 11.8 Å². The molecule has 0 saturated carbocycles. The van der Waals surface area contributed by atoms with Gasteiger partial charge in [0.05, 0.1) is 0 Å². The fourth-order valence-corrected chi connectivity index (χ4v) is 2.80. The molecule has 1 fully saturated rings. The van der Waals surface area contributed by atoms with E-state index in [1.165, 1.54) is 0 Å². The SMILES string of the molecule is CC1CN(c2nc(NN)c(F)cc2F)CCS1. The number of nitrogens with one attached hydrogen (secondary N) is 1. The van der Waals surface area contributed by atoms with E-state index in [2.05, 4.69) is 17.3 Å². The monoisotopic (exact) mass is 260 g/mol. The molecule has 7 heteroatoms. The zero-order chi connectivity index (χ0) is 12.4. The molecule has 1 atom stereocenters. The van der Waals surface area contributed by atoms with Crippen LogP contribution in [-0.4, -0.2) is 29.1 Å². The fraction of sp³-hybridized carbons (Fsp3) is 0.500. The molecule has 2 heterocycles.